The number of carbonyl (C=O) groups excluding carboxylic acids is 2. The quantitative estimate of drug-likeness (QED) is 0.738. The summed E-state index contributed by atoms with van der Waals surface area (Å²) in [5, 5.41) is 5.50. The summed E-state index contributed by atoms with van der Waals surface area (Å²) in [5.41, 5.74) is 3.53. The van der Waals surface area contributed by atoms with Gasteiger partial charge in [0.1, 0.15) is 6.04 Å². The van der Waals surface area contributed by atoms with Gasteiger partial charge in [0, 0.05) is 6.54 Å². The summed E-state index contributed by atoms with van der Waals surface area (Å²) in [6.07, 6.45) is 0.485. The van der Waals surface area contributed by atoms with E-state index in [4.69, 9.17) is 0 Å². The van der Waals surface area contributed by atoms with Crippen LogP contribution in [0.15, 0.2) is 41.3 Å². The number of hydrogen-bond donors (Lipinski definition) is 2. The molecule has 2 aromatic rings. The standard InChI is InChI=1S/C22H27N3O4S/c1-5-10-23-21(26)13-20-22(27)24-18-11-15(3)16(4)12-19(18)25(20)30(28,29)17-8-6-14(2)7-9-17/h6-9,11-12,20H,5,10,13H2,1-4H3,(H,23,26)(H,24,27). The van der Waals surface area contributed by atoms with Crippen molar-refractivity contribution < 1.29 is 18.0 Å². The molecule has 1 heterocycles. The number of fused-ring (bicyclic) bond motifs is 1. The Kier molecular flexibility index (Phi) is 6.17. The molecule has 2 N–H and O–H groups in total. The summed E-state index contributed by atoms with van der Waals surface area (Å²) in [6.45, 7) is 8.03. The molecule has 0 aliphatic carbocycles. The van der Waals surface area contributed by atoms with E-state index in [0.717, 1.165) is 27.4 Å². The number of hydrogen-bond acceptors (Lipinski definition) is 4. The molecule has 1 aliphatic rings. The van der Waals surface area contributed by atoms with Gasteiger partial charge in [-0.1, -0.05) is 24.6 Å². The predicted molar refractivity (Wildman–Crippen MR) is 117 cm³/mol. The molecule has 160 valence electrons. The normalized spacial score (nSPS) is 16.1. The zero-order valence-electron chi connectivity index (χ0n) is 17.7. The van der Waals surface area contributed by atoms with Gasteiger partial charge in [-0.2, -0.15) is 0 Å². The molecule has 0 fully saturated rings. The topological polar surface area (TPSA) is 95.6 Å². The van der Waals surface area contributed by atoms with Crippen LogP contribution < -0.4 is 14.9 Å². The largest absolute Gasteiger partial charge is 0.356 e. The van der Waals surface area contributed by atoms with Gasteiger partial charge in [0.2, 0.25) is 11.8 Å². The highest BCUT2D eigenvalue weighted by Gasteiger charge is 2.42. The van der Waals surface area contributed by atoms with Crippen molar-refractivity contribution in [1.29, 1.82) is 0 Å². The van der Waals surface area contributed by atoms with E-state index in [1.807, 2.05) is 27.7 Å². The van der Waals surface area contributed by atoms with Crippen molar-refractivity contribution in [3.8, 4) is 0 Å². The van der Waals surface area contributed by atoms with Crippen molar-refractivity contribution in [2.75, 3.05) is 16.2 Å². The van der Waals surface area contributed by atoms with E-state index < -0.39 is 22.0 Å². The average Bonchev–Trinajstić information content (AvgIpc) is 2.68. The van der Waals surface area contributed by atoms with Gasteiger partial charge in [0.25, 0.3) is 10.0 Å². The van der Waals surface area contributed by atoms with Crippen molar-refractivity contribution in [2.24, 2.45) is 0 Å². The monoisotopic (exact) mass is 429 g/mol. The third-order valence-electron chi connectivity index (χ3n) is 5.22. The molecule has 3 rings (SSSR count). The molecule has 0 spiro atoms. The van der Waals surface area contributed by atoms with Gasteiger partial charge in [-0.3, -0.25) is 13.9 Å². The maximum Gasteiger partial charge on any atom is 0.265 e. The lowest BCUT2D eigenvalue weighted by molar-refractivity contribution is -0.125. The lowest BCUT2D eigenvalue weighted by atomic mass is 10.0. The maximum absolute atomic E-state index is 13.6. The molecule has 2 amide bonds. The van der Waals surface area contributed by atoms with Gasteiger partial charge in [-0.05, 0) is 62.6 Å². The third-order valence-corrected chi connectivity index (χ3v) is 7.06. The minimum Gasteiger partial charge on any atom is -0.356 e. The van der Waals surface area contributed by atoms with Crippen molar-refractivity contribution in [3.63, 3.8) is 0 Å². The number of aryl methyl sites for hydroxylation is 3. The molecule has 1 aliphatic heterocycles. The molecule has 1 unspecified atom stereocenters. The first-order valence-corrected chi connectivity index (χ1v) is 11.4. The number of carbonyl (C=O) groups is 2. The molecule has 0 bridgehead atoms. The van der Waals surface area contributed by atoms with E-state index in [-0.39, 0.29) is 17.2 Å². The van der Waals surface area contributed by atoms with E-state index >= 15 is 0 Å². The summed E-state index contributed by atoms with van der Waals surface area (Å²) in [5.74, 6) is -0.888. The number of nitrogens with one attached hydrogen (secondary N) is 2. The zero-order chi connectivity index (χ0) is 22.1. The van der Waals surface area contributed by atoms with Crippen LogP contribution in [0.2, 0.25) is 0 Å². The maximum atomic E-state index is 13.6. The molecule has 2 aromatic carbocycles. The van der Waals surface area contributed by atoms with Crippen LogP contribution in [-0.4, -0.2) is 32.8 Å². The van der Waals surface area contributed by atoms with E-state index in [1.165, 1.54) is 12.1 Å². The highest BCUT2D eigenvalue weighted by atomic mass is 32.2. The fourth-order valence-corrected chi connectivity index (χ4v) is 5.00. The number of benzene rings is 2. The first-order valence-electron chi connectivity index (χ1n) is 9.95. The molecule has 1 atom stereocenters. The van der Waals surface area contributed by atoms with Crippen LogP contribution in [0.25, 0.3) is 0 Å². The minimum absolute atomic E-state index is 0.0749. The van der Waals surface area contributed by atoms with Gasteiger partial charge in [-0.25, -0.2) is 8.42 Å². The molecular weight excluding hydrogens is 402 g/mol. The third kappa shape index (κ3) is 4.18. The first-order chi connectivity index (χ1) is 14.1. The van der Waals surface area contributed by atoms with Crippen LogP contribution in [-0.2, 0) is 19.6 Å². The van der Waals surface area contributed by atoms with Crippen molar-refractivity contribution >= 4 is 33.2 Å². The molecule has 0 saturated carbocycles. The van der Waals surface area contributed by atoms with Crippen LogP contribution in [0, 0.1) is 20.8 Å². The second kappa shape index (κ2) is 8.47. The Morgan fingerprint density at radius 3 is 2.37 bits per heavy atom. The van der Waals surface area contributed by atoms with Crippen molar-refractivity contribution in [1.82, 2.24) is 5.32 Å². The van der Waals surface area contributed by atoms with E-state index in [0.29, 0.717) is 17.9 Å². The highest BCUT2D eigenvalue weighted by molar-refractivity contribution is 7.93. The Balaban J connectivity index is 2.13. The van der Waals surface area contributed by atoms with Crippen LogP contribution in [0.4, 0.5) is 11.4 Å². The molecule has 7 nitrogen and oxygen atoms in total. The van der Waals surface area contributed by atoms with Crippen LogP contribution in [0.1, 0.15) is 36.5 Å². The van der Waals surface area contributed by atoms with Crippen LogP contribution in [0.5, 0.6) is 0 Å². The predicted octanol–water partition coefficient (Wildman–Crippen LogP) is 3.04. The first kappa shape index (κ1) is 21.8. The van der Waals surface area contributed by atoms with Crippen molar-refractivity contribution in [3.05, 3.63) is 53.1 Å². The molecule has 0 aromatic heterocycles. The lowest BCUT2D eigenvalue weighted by Gasteiger charge is -2.37. The summed E-state index contributed by atoms with van der Waals surface area (Å²) < 4.78 is 28.3. The number of anilines is 2. The van der Waals surface area contributed by atoms with Gasteiger partial charge < -0.3 is 10.6 Å². The molecule has 30 heavy (non-hydrogen) atoms. The number of amides is 2. The zero-order valence-corrected chi connectivity index (χ0v) is 18.5. The summed E-state index contributed by atoms with van der Waals surface area (Å²) in [7, 11) is -4.08. The van der Waals surface area contributed by atoms with Gasteiger partial charge in [0.15, 0.2) is 0 Å². The Bertz CT molecular complexity index is 1080. The lowest BCUT2D eigenvalue weighted by Crippen LogP contribution is -2.52. The molecule has 8 heteroatoms. The molecule has 0 saturated heterocycles. The van der Waals surface area contributed by atoms with Crippen LogP contribution in [0.3, 0.4) is 0 Å². The van der Waals surface area contributed by atoms with E-state index in [1.54, 1.807) is 24.3 Å². The van der Waals surface area contributed by atoms with Crippen molar-refractivity contribution in [2.45, 2.75) is 51.5 Å². The summed E-state index contributed by atoms with van der Waals surface area (Å²) in [6, 6.07) is 8.78. The van der Waals surface area contributed by atoms with E-state index in [2.05, 4.69) is 10.6 Å². The summed E-state index contributed by atoms with van der Waals surface area (Å²) >= 11 is 0. The number of nitrogens with zero attached hydrogens (tertiary/aromatic N) is 1. The Hall–Kier alpha value is -2.87. The second-order valence-electron chi connectivity index (χ2n) is 7.63. The van der Waals surface area contributed by atoms with Crippen LogP contribution >= 0.6 is 0 Å². The van der Waals surface area contributed by atoms with Gasteiger partial charge in [0.05, 0.1) is 22.7 Å². The Morgan fingerprint density at radius 1 is 1.10 bits per heavy atom. The minimum atomic E-state index is -4.08. The van der Waals surface area contributed by atoms with E-state index in [9.17, 15) is 18.0 Å². The number of rotatable bonds is 6. The fraction of sp³-hybridized carbons (Fsp3) is 0.364. The van der Waals surface area contributed by atoms with Gasteiger partial charge >= 0.3 is 0 Å². The summed E-state index contributed by atoms with van der Waals surface area (Å²) in [4.78, 5) is 25.4. The molecule has 0 radical (unpaired) electrons. The van der Waals surface area contributed by atoms with Gasteiger partial charge in [-0.15, -0.1) is 0 Å². The fourth-order valence-electron chi connectivity index (χ4n) is 3.38. The Morgan fingerprint density at radius 2 is 1.73 bits per heavy atom. The second-order valence-corrected chi connectivity index (χ2v) is 9.44. The number of sulfonamides is 1. The SMILES string of the molecule is CCCNC(=O)CC1C(=O)Nc2cc(C)c(C)cc2N1S(=O)(=O)c1ccc(C)cc1. The molecular formula is C22H27N3O4S. The smallest absolute Gasteiger partial charge is 0.265 e. The highest BCUT2D eigenvalue weighted by Crippen LogP contribution is 2.39. The average molecular weight is 430 g/mol. The Labute approximate surface area is 177 Å².